The molecule has 1 aromatic heterocycles. The molecule has 1 aromatic carbocycles. The van der Waals surface area contributed by atoms with Gasteiger partial charge in [-0.15, -0.1) is 11.3 Å². The van der Waals surface area contributed by atoms with Gasteiger partial charge in [-0.05, 0) is 25.5 Å². The first-order chi connectivity index (χ1) is 9.21. The maximum atomic E-state index is 4.76. The Bertz CT molecular complexity index is 532. The number of nitrogens with one attached hydrogen (secondary N) is 1. The molecule has 1 aliphatic heterocycles. The zero-order valence-electron chi connectivity index (χ0n) is 11.6. The van der Waals surface area contributed by atoms with Gasteiger partial charge >= 0.3 is 0 Å². The van der Waals surface area contributed by atoms with Gasteiger partial charge in [0.05, 0.1) is 16.8 Å². The predicted molar refractivity (Wildman–Crippen MR) is 81.6 cm³/mol. The fourth-order valence-electron chi connectivity index (χ4n) is 2.72. The second-order valence-corrected chi connectivity index (χ2v) is 6.64. The number of thiazole rings is 1. The Balaban J connectivity index is 1.83. The highest BCUT2D eigenvalue weighted by Crippen LogP contribution is 2.27. The smallest absolute Gasteiger partial charge is 0.108 e. The molecule has 1 aliphatic rings. The summed E-state index contributed by atoms with van der Waals surface area (Å²) in [5.74, 6) is 0. The Morgan fingerprint density at radius 3 is 3.05 bits per heavy atom. The van der Waals surface area contributed by atoms with Crippen LogP contribution in [-0.2, 0) is 6.54 Å². The largest absolute Gasteiger partial charge is 0.314 e. The first-order valence-corrected chi connectivity index (χ1v) is 7.83. The Morgan fingerprint density at radius 1 is 1.42 bits per heavy atom. The minimum Gasteiger partial charge on any atom is -0.314 e. The molecule has 4 heteroatoms. The van der Waals surface area contributed by atoms with Gasteiger partial charge in [-0.2, -0.15) is 0 Å². The van der Waals surface area contributed by atoms with Crippen LogP contribution in [0.5, 0.6) is 0 Å². The van der Waals surface area contributed by atoms with E-state index in [9.17, 15) is 0 Å². The Hall–Kier alpha value is -0.970. The van der Waals surface area contributed by atoms with Gasteiger partial charge in [0.2, 0.25) is 0 Å². The summed E-state index contributed by atoms with van der Waals surface area (Å²) in [4.78, 5) is 7.35. The van der Waals surface area contributed by atoms with Crippen LogP contribution in [0.15, 0.2) is 24.3 Å². The molecular formula is C15H21N3S. The van der Waals surface area contributed by atoms with Crippen LogP contribution in [0.4, 0.5) is 0 Å². The Morgan fingerprint density at radius 2 is 2.26 bits per heavy atom. The van der Waals surface area contributed by atoms with Gasteiger partial charge in [0.15, 0.2) is 0 Å². The molecule has 1 saturated heterocycles. The zero-order valence-corrected chi connectivity index (χ0v) is 12.5. The molecule has 0 spiro atoms. The van der Waals surface area contributed by atoms with Gasteiger partial charge < -0.3 is 5.32 Å². The molecule has 1 atom stereocenters. The van der Waals surface area contributed by atoms with Crippen molar-refractivity contribution in [3.05, 3.63) is 29.3 Å². The highest BCUT2D eigenvalue weighted by atomic mass is 32.1. The second-order valence-electron chi connectivity index (χ2n) is 5.52. The topological polar surface area (TPSA) is 28.2 Å². The van der Waals surface area contributed by atoms with Gasteiger partial charge in [-0.3, -0.25) is 4.90 Å². The number of nitrogens with zero attached hydrogens (tertiary/aromatic N) is 2. The lowest BCUT2D eigenvalue weighted by Crippen LogP contribution is -2.58. The minimum atomic E-state index is 0.260. The van der Waals surface area contributed by atoms with Crippen LogP contribution in [0.3, 0.4) is 0 Å². The van der Waals surface area contributed by atoms with E-state index < -0.39 is 0 Å². The summed E-state index contributed by atoms with van der Waals surface area (Å²) >= 11 is 1.83. The van der Waals surface area contributed by atoms with Crippen LogP contribution in [0.2, 0.25) is 0 Å². The van der Waals surface area contributed by atoms with Crippen molar-refractivity contribution in [3.63, 3.8) is 0 Å². The van der Waals surface area contributed by atoms with Gasteiger partial charge in [-0.25, -0.2) is 4.98 Å². The maximum Gasteiger partial charge on any atom is 0.108 e. The van der Waals surface area contributed by atoms with Gasteiger partial charge in [-0.1, -0.05) is 19.1 Å². The number of benzene rings is 1. The van der Waals surface area contributed by atoms with Crippen molar-refractivity contribution in [2.75, 3.05) is 19.6 Å². The minimum absolute atomic E-state index is 0.260. The average Bonchev–Trinajstić information content (AvgIpc) is 2.84. The van der Waals surface area contributed by atoms with Gasteiger partial charge in [0, 0.05) is 25.2 Å². The average molecular weight is 275 g/mol. The molecule has 0 amide bonds. The number of aromatic nitrogens is 1. The van der Waals surface area contributed by atoms with Crippen LogP contribution < -0.4 is 5.32 Å². The molecule has 1 N–H and O–H groups in total. The fourth-order valence-corrected chi connectivity index (χ4v) is 3.71. The van der Waals surface area contributed by atoms with E-state index in [1.165, 1.54) is 16.1 Å². The Kier molecular flexibility index (Phi) is 3.56. The second kappa shape index (κ2) is 5.19. The van der Waals surface area contributed by atoms with E-state index in [2.05, 4.69) is 48.3 Å². The number of fused-ring (bicyclic) bond motifs is 1. The molecule has 2 heterocycles. The lowest BCUT2D eigenvalue weighted by Gasteiger charge is -2.44. The molecule has 102 valence electrons. The van der Waals surface area contributed by atoms with Crippen LogP contribution in [0.25, 0.3) is 10.2 Å². The summed E-state index contributed by atoms with van der Waals surface area (Å²) in [6.07, 6.45) is 1.17. The lowest BCUT2D eigenvalue weighted by atomic mass is 9.94. The number of para-hydroxylation sites is 1. The molecule has 1 unspecified atom stereocenters. The Labute approximate surface area is 118 Å². The summed E-state index contributed by atoms with van der Waals surface area (Å²) in [7, 11) is 0. The normalized spacial score (nSPS) is 24.9. The first kappa shape index (κ1) is 13.0. The SMILES string of the molecule is CCC1(C)CNCCN1Cc1nc2ccccc2s1. The number of hydrogen-bond donors (Lipinski definition) is 1. The zero-order chi connectivity index (χ0) is 13.3. The van der Waals surface area contributed by atoms with E-state index in [1.54, 1.807) is 0 Å². The van der Waals surface area contributed by atoms with Crippen LogP contribution in [-0.4, -0.2) is 35.1 Å². The molecule has 3 nitrogen and oxygen atoms in total. The van der Waals surface area contributed by atoms with Crippen molar-refractivity contribution in [1.82, 2.24) is 15.2 Å². The van der Waals surface area contributed by atoms with Crippen molar-refractivity contribution in [1.29, 1.82) is 0 Å². The fraction of sp³-hybridized carbons (Fsp3) is 0.533. The van der Waals surface area contributed by atoms with Crippen molar-refractivity contribution in [2.45, 2.75) is 32.4 Å². The van der Waals surface area contributed by atoms with E-state index >= 15 is 0 Å². The summed E-state index contributed by atoms with van der Waals surface area (Å²) in [6, 6.07) is 8.41. The van der Waals surface area contributed by atoms with Crippen LogP contribution in [0.1, 0.15) is 25.3 Å². The third-order valence-electron chi connectivity index (χ3n) is 4.25. The quantitative estimate of drug-likeness (QED) is 0.933. The molecule has 0 radical (unpaired) electrons. The third kappa shape index (κ3) is 2.53. The van der Waals surface area contributed by atoms with Gasteiger partial charge in [0.1, 0.15) is 5.01 Å². The van der Waals surface area contributed by atoms with E-state index in [4.69, 9.17) is 4.98 Å². The number of hydrogen-bond acceptors (Lipinski definition) is 4. The maximum absolute atomic E-state index is 4.76. The summed E-state index contributed by atoms with van der Waals surface area (Å²) in [6.45, 7) is 8.88. The third-order valence-corrected chi connectivity index (χ3v) is 5.27. The van der Waals surface area contributed by atoms with Crippen molar-refractivity contribution >= 4 is 21.6 Å². The lowest BCUT2D eigenvalue weighted by molar-refractivity contribution is 0.0637. The van der Waals surface area contributed by atoms with E-state index in [0.717, 1.165) is 31.7 Å². The summed E-state index contributed by atoms with van der Waals surface area (Å²) in [5.41, 5.74) is 1.40. The highest BCUT2D eigenvalue weighted by molar-refractivity contribution is 7.18. The molecule has 1 fully saturated rings. The van der Waals surface area contributed by atoms with Crippen molar-refractivity contribution in [3.8, 4) is 0 Å². The first-order valence-electron chi connectivity index (χ1n) is 7.01. The molecule has 19 heavy (non-hydrogen) atoms. The molecule has 0 saturated carbocycles. The van der Waals surface area contributed by atoms with Gasteiger partial charge in [0.25, 0.3) is 0 Å². The predicted octanol–water partition coefficient (Wildman–Crippen LogP) is 2.87. The molecule has 0 bridgehead atoms. The standard InChI is InChI=1S/C15H21N3S/c1-3-15(2)11-16-8-9-18(15)10-14-17-12-6-4-5-7-13(12)19-14/h4-7,16H,3,8-11H2,1-2H3. The monoisotopic (exact) mass is 275 g/mol. The molecule has 3 rings (SSSR count). The number of rotatable bonds is 3. The van der Waals surface area contributed by atoms with Crippen molar-refractivity contribution < 1.29 is 0 Å². The number of piperazine rings is 1. The molecule has 2 aromatic rings. The highest BCUT2D eigenvalue weighted by Gasteiger charge is 2.32. The van der Waals surface area contributed by atoms with Crippen LogP contribution >= 0.6 is 11.3 Å². The molecule has 0 aliphatic carbocycles. The van der Waals surface area contributed by atoms with E-state index in [0.29, 0.717) is 0 Å². The van der Waals surface area contributed by atoms with E-state index in [-0.39, 0.29) is 5.54 Å². The van der Waals surface area contributed by atoms with E-state index in [1.807, 2.05) is 11.3 Å². The van der Waals surface area contributed by atoms with Crippen LogP contribution in [0, 0.1) is 0 Å². The molecular weight excluding hydrogens is 254 g/mol. The summed E-state index contributed by atoms with van der Waals surface area (Å²) < 4.78 is 1.30. The van der Waals surface area contributed by atoms with Crippen molar-refractivity contribution in [2.24, 2.45) is 0 Å². The summed E-state index contributed by atoms with van der Waals surface area (Å²) in [5, 5.41) is 4.75.